The van der Waals surface area contributed by atoms with Crippen LogP contribution in [0.1, 0.15) is 18.7 Å². The van der Waals surface area contributed by atoms with Crippen LogP contribution in [0, 0.1) is 0 Å². The molecule has 102 valence electrons. The number of nitrogens with zero attached hydrogens (tertiary/aromatic N) is 3. The number of nitrogens with two attached hydrogens (primary N) is 1. The fourth-order valence-electron chi connectivity index (χ4n) is 2.17. The van der Waals surface area contributed by atoms with Gasteiger partial charge in [-0.05, 0) is 30.8 Å². The largest absolute Gasteiger partial charge is 0.339 e. The molecule has 0 bridgehead atoms. The summed E-state index contributed by atoms with van der Waals surface area (Å²) >= 11 is 0. The first-order valence-electron chi connectivity index (χ1n) is 6.75. The Morgan fingerprint density at radius 3 is 2.90 bits per heavy atom. The van der Waals surface area contributed by atoms with Crippen LogP contribution >= 0.6 is 0 Å². The molecule has 2 N–H and O–H groups in total. The van der Waals surface area contributed by atoms with E-state index in [1.807, 2.05) is 30.3 Å². The SMILES string of the molecule is NCCCCc1nc(-c2nccc3ccccc23)no1. The third-order valence-electron chi connectivity index (χ3n) is 3.20. The van der Waals surface area contributed by atoms with Gasteiger partial charge in [0.25, 0.3) is 0 Å². The first kappa shape index (κ1) is 12.7. The average Bonchev–Trinajstić information content (AvgIpc) is 2.96. The summed E-state index contributed by atoms with van der Waals surface area (Å²) < 4.78 is 5.27. The lowest BCUT2D eigenvalue weighted by molar-refractivity contribution is 0.375. The molecule has 5 nitrogen and oxygen atoms in total. The van der Waals surface area contributed by atoms with Crippen molar-refractivity contribution in [2.24, 2.45) is 5.73 Å². The van der Waals surface area contributed by atoms with Gasteiger partial charge in [-0.1, -0.05) is 29.4 Å². The van der Waals surface area contributed by atoms with E-state index in [-0.39, 0.29) is 0 Å². The van der Waals surface area contributed by atoms with Crippen LogP contribution in [-0.4, -0.2) is 21.7 Å². The number of rotatable bonds is 5. The van der Waals surface area contributed by atoms with E-state index < -0.39 is 0 Å². The van der Waals surface area contributed by atoms with E-state index in [4.69, 9.17) is 10.3 Å². The quantitative estimate of drug-likeness (QED) is 0.719. The monoisotopic (exact) mass is 268 g/mol. The van der Waals surface area contributed by atoms with Crippen molar-refractivity contribution in [2.75, 3.05) is 6.54 Å². The minimum absolute atomic E-state index is 0.546. The Hall–Kier alpha value is -2.27. The van der Waals surface area contributed by atoms with Crippen LogP contribution in [0.4, 0.5) is 0 Å². The van der Waals surface area contributed by atoms with Gasteiger partial charge in [-0.15, -0.1) is 0 Å². The van der Waals surface area contributed by atoms with E-state index in [9.17, 15) is 0 Å². The van der Waals surface area contributed by atoms with Crippen LogP contribution in [-0.2, 0) is 6.42 Å². The summed E-state index contributed by atoms with van der Waals surface area (Å²) in [6.45, 7) is 0.686. The normalized spacial score (nSPS) is 11.1. The van der Waals surface area contributed by atoms with Gasteiger partial charge in [-0.2, -0.15) is 4.98 Å². The highest BCUT2D eigenvalue weighted by Crippen LogP contribution is 2.24. The zero-order valence-electron chi connectivity index (χ0n) is 11.1. The van der Waals surface area contributed by atoms with Crippen molar-refractivity contribution in [3.05, 3.63) is 42.4 Å². The standard InChI is InChI=1S/C15H16N4O/c16-9-4-3-7-13-18-15(19-20-13)14-12-6-2-1-5-11(12)8-10-17-14/h1-2,5-6,8,10H,3-4,7,9,16H2. The summed E-state index contributed by atoms with van der Waals surface area (Å²) in [4.78, 5) is 8.80. The minimum Gasteiger partial charge on any atom is -0.339 e. The molecular formula is C15H16N4O. The smallest absolute Gasteiger partial charge is 0.227 e. The molecule has 0 amide bonds. The second-order valence-electron chi connectivity index (χ2n) is 4.64. The molecule has 0 aliphatic heterocycles. The topological polar surface area (TPSA) is 77.8 Å². The predicted molar refractivity (Wildman–Crippen MR) is 77.0 cm³/mol. The zero-order valence-corrected chi connectivity index (χ0v) is 11.1. The van der Waals surface area contributed by atoms with Crippen molar-refractivity contribution in [3.8, 4) is 11.5 Å². The number of aryl methyl sites for hydroxylation is 1. The lowest BCUT2D eigenvalue weighted by Gasteiger charge is -2.00. The molecule has 0 radical (unpaired) electrons. The Labute approximate surface area is 116 Å². The molecule has 0 saturated carbocycles. The number of unbranched alkanes of at least 4 members (excludes halogenated alkanes) is 1. The fraction of sp³-hybridized carbons (Fsp3) is 0.267. The molecular weight excluding hydrogens is 252 g/mol. The number of hydrogen-bond donors (Lipinski definition) is 1. The highest BCUT2D eigenvalue weighted by atomic mass is 16.5. The van der Waals surface area contributed by atoms with E-state index >= 15 is 0 Å². The van der Waals surface area contributed by atoms with Crippen molar-refractivity contribution in [3.63, 3.8) is 0 Å². The first-order valence-corrected chi connectivity index (χ1v) is 6.75. The molecule has 0 atom stereocenters. The van der Waals surface area contributed by atoms with Crippen molar-refractivity contribution in [1.29, 1.82) is 0 Å². The lowest BCUT2D eigenvalue weighted by Crippen LogP contribution is -1.99. The summed E-state index contributed by atoms with van der Waals surface area (Å²) in [5, 5.41) is 6.18. The average molecular weight is 268 g/mol. The number of aromatic nitrogens is 3. The molecule has 0 fully saturated rings. The van der Waals surface area contributed by atoms with Gasteiger partial charge in [-0.3, -0.25) is 4.98 Å². The minimum atomic E-state index is 0.546. The van der Waals surface area contributed by atoms with Crippen LogP contribution in [0.3, 0.4) is 0 Å². The van der Waals surface area contributed by atoms with Gasteiger partial charge >= 0.3 is 0 Å². The van der Waals surface area contributed by atoms with Gasteiger partial charge < -0.3 is 10.3 Å². The summed E-state index contributed by atoms with van der Waals surface area (Å²) in [7, 11) is 0. The summed E-state index contributed by atoms with van der Waals surface area (Å²) in [5.74, 6) is 1.19. The lowest BCUT2D eigenvalue weighted by atomic mass is 10.1. The van der Waals surface area contributed by atoms with Gasteiger partial charge in [0, 0.05) is 18.0 Å². The molecule has 0 saturated heterocycles. The third kappa shape index (κ3) is 2.53. The zero-order chi connectivity index (χ0) is 13.8. The Balaban J connectivity index is 1.91. The number of benzene rings is 1. The molecule has 3 rings (SSSR count). The van der Waals surface area contributed by atoms with Crippen molar-refractivity contribution in [2.45, 2.75) is 19.3 Å². The van der Waals surface area contributed by atoms with Crippen LogP contribution < -0.4 is 5.73 Å². The molecule has 0 spiro atoms. The number of fused-ring (bicyclic) bond motifs is 1. The molecule has 1 aromatic carbocycles. The van der Waals surface area contributed by atoms with Gasteiger partial charge in [-0.25, -0.2) is 0 Å². The summed E-state index contributed by atoms with van der Waals surface area (Å²) in [6, 6.07) is 10.0. The van der Waals surface area contributed by atoms with Crippen LogP contribution in [0.15, 0.2) is 41.1 Å². The Bertz CT molecular complexity index is 702. The van der Waals surface area contributed by atoms with Gasteiger partial charge in [0.1, 0.15) is 5.69 Å². The van der Waals surface area contributed by atoms with Gasteiger partial charge in [0.05, 0.1) is 0 Å². The Morgan fingerprint density at radius 1 is 1.10 bits per heavy atom. The molecule has 3 aromatic rings. The molecule has 2 heterocycles. The van der Waals surface area contributed by atoms with E-state index in [2.05, 4.69) is 15.1 Å². The second kappa shape index (κ2) is 5.79. The van der Waals surface area contributed by atoms with Crippen molar-refractivity contribution >= 4 is 10.8 Å². The Morgan fingerprint density at radius 2 is 2.00 bits per heavy atom. The van der Waals surface area contributed by atoms with E-state index in [0.29, 0.717) is 18.3 Å². The molecule has 2 aromatic heterocycles. The summed E-state index contributed by atoms with van der Waals surface area (Å²) in [6.07, 6.45) is 4.45. The maximum atomic E-state index is 5.47. The van der Waals surface area contributed by atoms with Crippen LogP contribution in [0.25, 0.3) is 22.3 Å². The highest BCUT2D eigenvalue weighted by Gasteiger charge is 2.12. The van der Waals surface area contributed by atoms with Crippen LogP contribution in [0.5, 0.6) is 0 Å². The number of pyridine rings is 1. The third-order valence-corrected chi connectivity index (χ3v) is 3.20. The van der Waals surface area contributed by atoms with E-state index in [1.54, 1.807) is 6.20 Å². The van der Waals surface area contributed by atoms with Crippen LogP contribution in [0.2, 0.25) is 0 Å². The fourth-order valence-corrected chi connectivity index (χ4v) is 2.17. The van der Waals surface area contributed by atoms with Crippen molar-refractivity contribution in [1.82, 2.24) is 15.1 Å². The molecule has 5 heteroatoms. The predicted octanol–water partition coefficient (Wildman–Crippen LogP) is 2.57. The van der Waals surface area contributed by atoms with Gasteiger partial charge in [0.2, 0.25) is 11.7 Å². The molecule has 0 aliphatic carbocycles. The van der Waals surface area contributed by atoms with E-state index in [1.165, 1.54) is 0 Å². The molecule has 0 unspecified atom stereocenters. The number of hydrogen-bond acceptors (Lipinski definition) is 5. The van der Waals surface area contributed by atoms with Gasteiger partial charge in [0.15, 0.2) is 0 Å². The Kier molecular flexibility index (Phi) is 3.69. The first-order chi connectivity index (χ1) is 9.88. The van der Waals surface area contributed by atoms with E-state index in [0.717, 1.165) is 35.7 Å². The summed E-state index contributed by atoms with van der Waals surface area (Å²) in [5.41, 5.74) is 6.24. The maximum absolute atomic E-state index is 5.47. The molecule has 20 heavy (non-hydrogen) atoms. The van der Waals surface area contributed by atoms with Crippen molar-refractivity contribution < 1.29 is 4.52 Å². The highest BCUT2D eigenvalue weighted by molar-refractivity contribution is 5.92. The maximum Gasteiger partial charge on any atom is 0.227 e. The molecule has 0 aliphatic rings. The second-order valence-corrected chi connectivity index (χ2v) is 4.64.